The third-order valence-corrected chi connectivity index (χ3v) is 9.05. The molecular formula is C21H23N5O6S2. The lowest BCUT2D eigenvalue weighted by Crippen LogP contribution is -2.62. The molecule has 0 atom stereocenters. The van der Waals surface area contributed by atoms with Gasteiger partial charge in [0.15, 0.2) is 5.54 Å². The molecule has 2 aromatic heterocycles. The minimum Gasteiger partial charge on any atom is -0.496 e. The number of nitrogens with zero attached hydrogens (tertiary/aromatic N) is 5. The van der Waals surface area contributed by atoms with Crippen LogP contribution in [0, 0.1) is 6.92 Å². The summed E-state index contributed by atoms with van der Waals surface area (Å²) in [6, 6.07) is 7.21. The average Bonchev–Trinajstić information content (AvgIpc) is 3.41. The molecule has 11 nitrogen and oxygen atoms in total. The topological polar surface area (TPSA) is 135 Å². The van der Waals surface area contributed by atoms with E-state index in [4.69, 9.17) is 4.74 Å². The second kappa shape index (κ2) is 8.40. The molecule has 0 saturated carbocycles. The molecule has 34 heavy (non-hydrogen) atoms. The molecule has 0 spiro atoms. The number of hydrogen-bond acceptors (Lipinski definition) is 8. The Bertz CT molecular complexity index is 1360. The maximum atomic E-state index is 13.7. The van der Waals surface area contributed by atoms with Gasteiger partial charge in [-0.05, 0) is 38.8 Å². The molecule has 0 fully saturated rings. The third-order valence-electron chi connectivity index (χ3n) is 5.65. The van der Waals surface area contributed by atoms with Gasteiger partial charge in [-0.3, -0.25) is 4.79 Å². The Kier molecular flexibility index (Phi) is 5.85. The number of hydrogen-bond donors (Lipinski definition) is 1. The maximum absolute atomic E-state index is 13.7. The molecular weight excluding hydrogens is 482 g/mol. The van der Waals surface area contributed by atoms with Crippen molar-refractivity contribution < 1.29 is 27.9 Å². The predicted molar refractivity (Wildman–Crippen MR) is 125 cm³/mol. The van der Waals surface area contributed by atoms with Gasteiger partial charge in [0.05, 0.1) is 25.1 Å². The number of thiophene rings is 1. The van der Waals surface area contributed by atoms with E-state index >= 15 is 0 Å². The zero-order chi connectivity index (χ0) is 24.8. The van der Waals surface area contributed by atoms with Crippen LogP contribution in [0.5, 0.6) is 5.75 Å². The van der Waals surface area contributed by atoms with E-state index < -0.39 is 27.6 Å². The molecule has 13 heteroatoms. The number of carboxylic acids is 1. The van der Waals surface area contributed by atoms with Gasteiger partial charge in [0.1, 0.15) is 15.8 Å². The van der Waals surface area contributed by atoms with Crippen LogP contribution in [0.1, 0.15) is 35.3 Å². The molecule has 1 aliphatic heterocycles. The van der Waals surface area contributed by atoms with Gasteiger partial charge >= 0.3 is 16.2 Å². The number of para-hydroxylation sites is 1. The summed E-state index contributed by atoms with van der Waals surface area (Å²) in [6.45, 7) is 3.99. The number of carboxylic acid groups (broad SMARTS) is 1. The molecule has 1 N–H and O–H groups in total. The van der Waals surface area contributed by atoms with Gasteiger partial charge in [-0.15, -0.1) is 4.80 Å². The minimum atomic E-state index is -4.54. The van der Waals surface area contributed by atoms with E-state index in [0.29, 0.717) is 20.6 Å². The van der Waals surface area contributed by atoms with Crippen molar-refractivity contribution in [2.45, 2.75) is 32.7 Å². The van der Waals surface area contributed by atoms with E-state index in [1.807, 2.05) is 12.1 Å². The first kappa shape index (κ1) is 23.7. The Labute approximate surface area is 200 Å². The molecule has 1 amide bonds. The van der Waals surface area contributed by atoms with Crippen LogP contribution in [0.15, 0.2) is 36.7 Å². The van der Waals surface area contributed by atoms with E-state index in [9.17, 15) is 23.1 Å². The van der Waals surface area contributed by atoms with Crippen LogP contribution in [0.2, 0.25) is 0 Å². The summed E-state index contributed by atoms with van der Waals surface area (Å²) in [6.07, 6.45) is 3.20. The Morgan fingerprint density at radius 3 is 2.44 bits per heavy atom. The quantitative estimate of drug-likeness (QED) is 0.517. The van der Waals surface area contributed by atoms with Crippen LogP contribution in [-0.4, -0.2) is 63.9 Å². The van der Waals surface area contributed by atoms with Gasteiger partial charge in [0.2, 0.25) is 0 Å². The molecule has 1 aromatic carbocycles. The van der Waals surface area contributed by atoms with Gasteiger partial charge in [-0.25, -0.2) is 13.4 Å². The lowest BCUT2D eigenvalue weighted by Gasteiger charge is -2.41. The van der Waals surface area contributed by atoms with Crippen molar-refractivity contribution in [1.29, 1.82) is 0 Å². The highest BCUT2D eigenvalue weighted by Gasteiger charge is 2.53. The second-order valence-electron chi connectivity index (χ2n) is 8.11. The minimum absolute atomic E-state index is 0.0406. The summed E-state index contributed by atoms with van der Waals surface area (Å²) in [5.41, 5.74) is -0.676. The van der Waals surface area contributed by atoms with Crippen LogP contribution >= 0.6 is 11.3 Å². The number of fused-ring (bicyclic) bond motifs is 1. The molecule has 3 aromatic rings. The van der Waals surface area contributed by atoms with Gasteiger partial charge in [0.25, 0.3) is 5.91 Å². The highest BCUT2D eigenvalue weighted by molar-refractivity contribution is 7.91. The fourth-order valence-corrected chi connectivity index (χ4v) is 7.13. The predicted octanol–water partition coefficient (Wildman–Crippen LogP) is 2.26. The SMILES string of the molecule is COc1ccccc1CCN1c2sc(-n3nccn3)c(C)c2C(=O)N(C(C)(C)C(=O)O)S1(=O)=O. The molecule has 0 radical (unpaired) electrons. The van der Waals surface area contributed by atoms with Crippen molar-refractivity contribution in [3.8, 4) is 10.8 Å². The Morgan fingerprint density at radius 2 is 1.82 bits per heavy atom. The third kappa shape index (κ3) is 3.60. The Balaban J connectivity index is 1.88. The van der Waals surface area contributed by atoms with Gasteiger partial charge in [-0.2, -0.15) is 18.6 Å². The monoisotopic (exact) mass is 505 g/mol. The average molecular weight is 506 g/mol. The van der Waals surface area contributed by atoms with Crippen molar-refractivity contribution >= 4 is 38.4 Å². The number of methoxy groups -OCH3 is 1. The fourth-order valence-electron chi connectivity index (χ4n) is 3.81. The summed E-state index contributed by atoms with van der Waals surface area (Å²) < 4.78 is 34.4. The highest BCUT2D eigenvalue weighted by Crippen LogP contribution is 2.45. The molecule has 0 bridgehead atoms. The van der Waals surface area contributed by atoms with Gasteiger partial charge in [-0.1, -0.05) is 29.5 Å². The summed E-state index contributed by atoms with van der Waals surface area (Å²) in [5, 5.41) is 18.6. The molecule has 0 aliphatic carbocycles. The second-order valence-corrected chi connectivity index (χ2v) is 10.8. The van der Waals surface area contributed by atoms with E-state index in [0.717, 1.165) is 21.2 Å². The Morgan fingerprint density at radius 1 is 1.18 bits per heavy atom. The van der Waals surface area contributed by atoms with Crippen molar-refractivity contribution in [3.05, 3.63) is 53.3 Å². The normalized spacial score (nSPS) is 15.4. The van der Waals surface area contributed by atoms with E-state index in [2.05, 4.69) is 10.2 Å². The van der Waals surface area contributed by atoms with Crippen LogP contribution in [0.25, 0.3) is 5.00 Å². The Hall–Kier alpha value is -3.45. The summed E-state index contributed by atoms with van der Waals surface area (Å²) >= 11 is 1.06. The molecule has 1 aliphatic rings. The largest absolute Gasteiger partial charge is 0.496 e. The number of ether oxygens (including phenoxy) is 1. The standard InChI is InChI=1S/C21H23N5O6S2/c1-13-16-17(27)25(21(2,3)20(28)29)34(30,31)24(12-9-14-7-5-6-8-15(14)32-4)19(16)33-18(13)26-22-10-11-23-26/h5-8,10-11H,9,12H2,1-4H3,(H,28,29). The number of benzene rings is 1. The van der Waals surface area contributed by atoms with Crippen LogP contribution in [-0.2, 0) is 21.4 Å². The smallest absolute Gasteiger partial charge is 0.330 e. The number of aliphatic carboxylic acids is 1. The van der Waals surface area contributed by atoms with Gasteiger partial charge in [0, 0.05) is 12.1 Å². The molecule has 180 valence electrons. The van der Waals surface area contributed by atoms with E-state index in [1.165, 1.54) is 38.1 Å². The first-order chi connectivity index (χ1) is 16.0. The van der Waals surface area contributed by atoms with Crippen LogP contribution in [0.3, 0.4) is 0 Å². The number of aromatic nitrogens is 3. The fraction of sp³-hybridized carbons (Fsp3) is 0.333. The summed E-state index contributed by atoms with van der Waals surface area (Å²) in [4.78, 5) is 26.8. The number of anilines is 1. The van der Waals surface area contributed by atoms with Gasteiger partial charge < -0.3 is 9.84 Å². The van der Waals surface area contributed by atoms with Crippen LogP contribution < -0.4 is 9.04 Å². The molecule has 0 saturated heterocycles. The van der Waals surface area contributed by atoms with E-state index in [-0.39, 0.29) is 23.5 Å². The number of amides is 1. The van der Waals surface area contributed by atoms with E-state index in [1.54, 1.807) is 19.1 Å². The zero-order valence-corrected chi connectivity index (χ0v) is 20.6. The van der Waals surface area contributed by atoms with Crippen molar-refractivity contribution in [2.24, 2.45) is 0 Å². The lowest BCUT2D eigenvalue weighted by molar-refractivity contribution is -0.145. The van der Waals surface area contributed by atoms with Crippen LogP contribution in [0.4, 0.5) is 5.00 Å². The first-order valence-electron chi connectivity index (χ1n) is 10.2. The molecule has 3 heterocycles. The van der Waals surface area contributed by atoms with Crippen molar-refractivity contribution in [3.63, 3.8) is 0 Å². The summed E-state index contributed by atoms with van der Waals surface area (Å²) in [5.74, 6) is -1.75. The van der Waals surface area contributed by atoms with Crippen molar-refractivity contribution in [2.75, 3.05) is 18.0 Å². The first-order valence-corrected chi connectivity index (χ1v) is 12.5. The number of carbonyl (C=O) groups excluding carboxylic acids is 1. The molecule has 0 unspecified atom stereocenters. The zero-order valence-electron chi connectivity index (χ0n) is 18.9. The lowest BCUT2D eigenvalue weighted by atomic mass is 10.0. The maximum Gasteiger partial charge on any atom is 0.330 e. The summed E-state index contributed by atoms with van der Waals surface area (Å²) in [7, 11) is -3.01. The molecule has 4 rings (SSSR count). The highest BCUT2D eigenvalue weighted by atomic mass is 32.2. The van der Waals surface area contributed by atoms with Crippen molar-refractivity contribution in [1.82, 2.24) is 19.3 Å². The number of rotatable bonds is 7. The number of carbonyl (C=O) groups is 2.